The first-order valence-electron chi connectivity index (χ1n) is 9.25. The molecule has 2 N–H and O–H groups in total. The SMILES string of the molecule is Cn1cc(C2C3OC(CC3O)C2C(=O)Nc2cc(C(F)(F)F)cc(Cl)n2)c(C(F)(F)F)n1. The van der Waals surface area contributed by atoms with E-state index in [0.29, 0.717) is 12.1 Å². The number of aliphatic hydroxyl groups is 1. The first-order valence-corrected chi connectivity index (χ1v) is 9.63. The standard InChI is InChI=1S/C18H15ClF6N4O3/c1-29-5-7(15(28-29)18(23,24)25)12-13(9-4-8(30)14(12)32-9)16(31)27-11-3-6(17(20,21)22)2-10(19)26-11/h2-3,5,8-9,12-14,30H,4H2,1H3,(H,26,27,31). The predicted molar refractivity (Wildman–Crippen MR) is 96.6 cm³/mol. The van der Waals surface area contributed by atoms with Crippen molar-refractivity contribution in [1.29, 1.82) is 0 Å². The molecule has 0 saturated carbocycles. The molecule has 5 unspecified atom stereocenters. The van der Waals surface area contributed by atoms with E-state index in [2.05, 4.69) is 15.4 Å². The number of ether oxygens (including phenoxy) is 1. The minimum absolute atomic E-state index is 0.0162. The van der Waals surface area contributed by atoms with E-state index in [1.54, 1.807) is 0 Å². The van der Waals surface area contributed by atoms with Crippen LogP contribution in [0.15, 0.2) is 18.3 Å². The maximum absolute atomic E-state index is 13.5. The molecule has 2 aliphatic heterocycles. The van der Waals surface area contributed by atoms with Gasteiger partial charge in [0, 0.05) is 31.1 Å². The molecule has 2 aliphatic rings. The molecule has 0 aliphatic carbocycles. The molecular weight excluding hydrogens is 470 g/mol. The summed E-state index contributed by atoms with van der Waals surface area (Å²) in [6.07, 6.45) is -11.7. The van der Waals surface area contributed by atoms with E-state index in [4.69, 9.17) is 16.3 Å². The van der Waals surface area contributed by atoms with Crippen molar-refractivity contribution >= 4 is 23.3 Å². The molecule has 1 amide bonds. The second-order valence-electron chi connectivity index (χ2n) is 7.65. The molecule has 0 aromatic carbocycles. The number of aryl methyl sites for hydroxylation is 1. The lowest BCUT2D eigenvalue weighted by Gasteiger charge is -2.30. The number of carbonyl (C=O) groups is 1. The van der Waals surface area contributed by atoms with Crippen LogP contribution in [-0.4, -0.2) is 44.1 Å². The first-order chi connectivity index (χ1) is 14.8. The fourth-order valence-electron chi connectivity index (χ4n) is 4.32. The maximum Gasteiger partial charge on any atom is 0.435 e. The molecule has 0 radical (unpaired) electrons. The van der Waals surface area contributed by atoms with Gasteiger partial charge in [0.05, 0.1) is 29.8 Å². The Kier molecular flexibility index (Phi) is 5.41. The molecule has 174 valence electrons. The van der Waals surface area contributed by atoms with Crippen molar-refractivity contribution in [1.82, 2.24) is 14.8 Å². The molecule has 32 heavy (non-hydrogen) atoms. The second kappa shape index (κ2) is 7.59. The van der Waals surface area contributed by atoms with Crippen LogP contribution in [0.2, 0.25) is 5.15 Å². The smallest absolute Gasteiger partial charge is 0.390 e. The molecule has 2 saturated heterocycles. The third kappa shape index (κ3) is 4.04. The molecule has 4 heterocycles. The number of carbonyl (C=O) groups excluding carboxylic acids is 1. The summed E-state index contributed by atoms with van der Waals surface area (Å²) >= 11 is 5.62. The highest BCUT2D eigenvalue weighted by molar-refractivity contribution is 6.29. The lowest BCUT2D eigenvalue weighted by Crippen LogP contribution is -2.41. The van der Waals surface area contributed by atoms with E-state index in [9.17, 15) is 36.2 Å². The van der Waals surface area contributed by atoms with Gasteiger partial charge in [0.15, 0.2) is 5.69 Å². The van der Waals surface area contributed by atoms with Crippen LogP contribution in [0.25, 0.3) is 0 Å². The van der Waals surface area contributed by atoms with Crippen molar-refractivity contribution in [2.45, 2.75) is 43.0 Å². The molecule has 14 heteroatoms. The van der Waals surface area contributed by atoms with Crippen molar-refractivity contribution in [2.24, 2.45) is 13.0 Å². The summed E-state index contributed by atoms with van der Waals surface area (Å²) in [6, 6.07) is 1.13. The Morgan fingerprint density at radius 2 is 1.94 bits per heavy atom. The van der Waals surface area contributed by atoms with E-state index >= 15 is 0 Å². The number of halogens is 7. The summed E-state index contributed by atoms with van der Waals surface area (Å²) in [5.41, 5.74) is -2.73. The number of rotatable bonds is 3. The third-order valence-electron chi connectivity index (χ3n) is 5.49. The summed E-state index contributed by atoms with van der Waals surface area (Å²) in [4.78, 5) is 16.6. The summed E-state index contributed by atoms with van der Waals surface area (Å²) < 4.78 is 86.1. The average molecular weight is 485 g/mol. The zero-order chi connectivity index (χ0) is 23.6. The van der Waals surface area contributed by atoms with Crippen LogP contribution in [0.3, 0.4) is 0 Å². The summed E-state index contributed by atoms with van der Waals surface area (Å²) in [5, 5.41) is 15.3. The highest BCUT2D eigenvalue weighted by Crippen LogP contribution is 2.51. The molecule has 2 bridgehead atoms. The minimum atomic E-state index is -4.83. The Balaban J connectivity index is 1.69. The number of nitrogens with zero attached hydrogens (tertiary/aromatic N) is 3. The number of pyridine rings is 1. The fourth-order valence-corrected chi connectivity index (χ4v) is 4.53. The zero-order valence-electron chi connectivity index (χ0n) is 16.1. The van der Waals surface area contributed by atoms with Gasteiger partial charge in [0.25, 0.3) is 0 Å². The molecule has 7 nitrogen and oxygen atoms in total. The number of nitrogens with one attached hydrogen (secondary N) is 1. The van der Waals surface area contributed by atoms with Gasteiger partial charge in [-0.1, -0.05) is 11.6 Å². The van der Waals surface area contributed by atoms with Crippen LogP contribution >= 0.6 is 11.6 Å². The molecule has 2 aromatic rings. The van der Waals surface area contributed by atoms with Crippen LogP contribution in [0.5, 0.6) is 0 Å². The van der Waals surface area contributed by atoms with Gasteiger partial charge in [0.1, 0.15) is 11.0 Å². The van der Waals surface area contributed by atoms with Gasteiger partial charge in [0.2, 0.25) is 5.91 Å². The number of aliphatic hydroxyl groups excluding tert-OH is 1. The summed E-state index contributed by atoms with van der Waals surface area (Å²) in [6.45, 7) is 0. The largest absolute Gasteiger partial charge is 0.435 e. The topological polar surface area (TPSA) is 89.3 Å². The Morgan fingerprint density at radius 3 is 2.56 bits per heavy atom. The Bertz CT molecular complexity index is 1060. The Labute approximate surface area is 181 Å². The number of hydrogen-bond acceptors (Lipinski definition) is 5. The predicted octanol–water partition coefficient (Wildman–Crippen LogP) is 3.38. The molecule has 2 fully saturated rings. The molecule has 4 rings (SSSR count). The molecule has 2 aromatic heterocycles. The number of anilines is 1. The number of alkyl halides is 6. The molecular formula is C18H15ClF6N4O3. The normalized spacial score (nSPS) is 27.7. The van der Waals surface area contributed by atoms with Crippen LogP contribution in [-0.2, 0) is 28.9 Å². The van der Waals surface area contributed by atoms with E-state index in [1.165, 1.54) is 7.05 Å². The van der Waals surface area contributed by atoms with E-state index in [-0.39, 0.29) is 12.0 Å². The number of fused-ring (bicyclic) bond motifs is 2. The van der Waals surface area contributed by atoms with E-state index in [0.717, 1.165) is 10.9 Å². The van der Waals surface area contributed by atoms with Gasteiger partial charge < -0.3 is 15.2 Å². The van der Waals surface area contributed by atoms with E-state index < -0.39 is 70.6 Å². The second-order valence-corrected chi connectivity index (χ2v) is 8.04. The van der Waals surface area contributed by atoms with Crippen LogP contribution < -0.4 is 5.32 Å². The highest BCUT2D eigenvalue weighted by atomic mass is 35.5. The van der Waals surface area contributed by atoms with Crippen molar-refractivity contribution in [3.05, 3.63) is 40.3 Å². The van der Waals surface area contributed by atoms with Crippen LogP contribution in [0.4, 0.5) is 32.2 Å². The van der Waals surface area contributed by atoms with E-state index in [1.807, 2.05) is 0 Å². The monoisotopic (exact) mass is 484 g/mol. The van der Waals surface area contributed by atoms with Crippen LogP contribution in [0.1, 0.15) is 29.2 Å². The number of aromatic nitrogens is 3. The maximum atomic E-state index is 13.5. The van der Waals surface area contributed by atoms with Crippen LogP contribution in [0, 0.1) is 5.92 Å². The van der Waals surface area contributed by atoms with Crippen molar-refractivity contribution in [3.63, 3.8) is 0 Å². The third-order valence-corrected chi connectivity index (χ3v) is 5.68. The minimum Gasteiger partial charge on any atom is -0.390 e. The Hall–Kier alpha value is -2.38. The van der Waals surface area contributed by atoms with Gasteiger partial charge in [-0.05, 0) is 12.1 Å². The van der Waals surface area contributed by atoms with Gasteiger partial charge in [-0.25, -0.2) is 4.98 Å². The lowest BCUT2D eigenvalue weighted by atomic mass is 9.74. The molecule has 0 spiro atoms. The highest BCUT2D eigenvalue weighted by Gasteiger charge is 2.59. The van der Waals surface area contributed by atoms with Gasteiger partial charge in [-0.3, -0.25) is 9.48 Å². The zero-order valence-corrected chi connectivity index (χ0v) is 16.8. The number of hydrogen-bond donors (Lipinski definition) is 2. The summed E-state index contributed by atoms with van der Waals surface area (Å²) in [7, 11) is 1.27. The first kappa shape index (κ1) is 22.8. The average Bonchev–Trinajstić information content (AvgIpc) is 3.31. The quantitative estimate of drug-likeness (QED) is 0.515. The Morgan fingerprint density at radius 1 is 1.25 bits per heavy atom. The summed E-state index contributed by atoms with van der Waals surface area (Å²) in [5.74, 6) is -3.88. The fraction of sp³-hybridized carbons (Fsp3) is 0.500. The lowest BCUT2D eigenvalue weighted by molar-refractivity contribution is -0.143. The molecule has 5 atom stereocenters. The van der Waals surface area contributed by atoms with Gasteiger partial charge in [-0.15, -0.1) is 0 Å². The number of amides is 1. The van der Waals surface area contributed by atoms with Crippen molar-refractivity contribution in [2.75, 3.05) is 5.32 Å². The van der Waals surface area contributed by atoms with Gasteiger partial charge in [-0.2, -0.15) is 31.4 Å². The van der Waals surface area contributed by atoms with Gasteiger partial charge >= 0.3 is 12.4 Å². The van der Waals surface area contributed by atoms with Crippen molar-refractivity contribution in [3.8, 4) is 0 Å². The van der Waals surface area contributed by atoms with Crippen molar-refractivity contribution < 1.29 is 41.0 Å².